The first-order valence-electron chi connectivity index (χ1n) is 7.40. The largest absolute Gasteiger partial charge is 0.452 e. The van der Waals surface area contributed by atoms with Crippen LogP contribution >= 0.6 is 0 Å². The Balaban J connectivity index is 1.59. The third-order valence-electron chi connectivity index (χ3n) is 3.41. The van der Waals surface area contributed by atoms with Gasteiger partial charge in [0, 0.05) is 5.69 Å². The molecule has 0 saturated heterocycles. The number of hydrogen-bond acceptors (Lipinski definition) is 5. The van der Waals surface area contributed by atoms with Gasteiger partial charge in [0.05, 0.1) is 5.56 Å². The van der Waals surface area contributed by atoms with Crippen LogP contribution in [0.4, 0.5) is 5.69 Å². The maximum Gasteiger partial charge on any atom is 0.338 e. The molecule has 0 aliphatic rings. The van der Waals surface area contributed by atoms with Crippen molar-refractivity contribution in [2.75, 3.05) is 11.9 Å². The molecule has 0 radical (unpaired) electrons. The lowest BCUT2D eigenvalue weighted by Gasteiger charge is -2.08. The zero-order chi connectivity index (χ0) is 17.1. The topological polar surface area (TPSA) is 81.4 Å². The number of aromatic nitrogens is 1. The Morgan fingerprint density at radius 3 is 2.62 bits per heavy atom. The highest BCUT2D eigenvalue weighted by molar-refractivity contribution is 5.97. The van der Waals surface area contributed by atoms with Gasteiger partial charge in [0.1, 0.15) is 5.52 Å². The second-order valence-electron chi connectivity index (χ2n) is 5.54. The predicted octanol–water partition coefficient (Wildman–Crippen LogP) is 3.24. The first-order chi connectivity index (χ1) is 11.5. The number of amides is 1. The average Bonchev–Trinajstić information content (AvgIpc) is 2.99. The summed E-state index contributed by atoms with van der Waals surface area (Å²) in [6.07, 6.45) is 1.30. The van der Waals surface area contributed by atoms with Gasteiger partial charge in [-0.05, 0) is 55.3 Å². The molecule has 0 aliphatic heterocycles. The molecule has 0 fully saturated rings. The van der Waals surface area contributed by atoms with Gasteiger partial charge < -0.3 is 14.5 Å². The molecule has 0 atom stereocenters. The summed E-state index contributed by atoms with van der Waals surface area (Å²) in [6.45, 7) is 3.54. The SMILES string of the molecule is Cc1cc(C)cc(NC(=O)COC(=O)c2ccc3ocnc3c2)c1. The third kappa shape index (κ3) is 3.60. The molecule has 0 saturated carbocycles. The first kappa shape index (κ1) is 15.7. The summed E-state index contributed by atoms with van der Waals surface area (Å²) in [7, 11) is 0. The summed E-state index contributed by atoms with van der Waals surface area (Å²) in [4.78, 5) is 27.9. The molecular weight excluding hydrogens is 308 g/mol. The number of carbonyl (C=O) groups excluding carboxylic acids is 2. The number of nitrogens with zero attached hydrogens (tertiary/aromatic N) is 1. The quantitative estimate of drug-likeness (QED) is 0.745. The molecule has 1 N–H and O–H groups in total. The van der Waals surface area contributed by atoms with E-state index in [1.54, 1.807) is 18.2 Å². The van der Waals surface area contributed by atoms with Crippen LogP contribution in [0.25, 0.3) is 11.1 Å². The summed E-state index contributed by atoms with van der Waals surface area (Å²) in [5.74, 6) is -0.980. The van der Waals surface area contributed by atoms with E-state index in [4.69, 9.17) is 9.15 Å². The molecule has 122 valence electrons. The summed E-state index contributed by atoms with van der Waals surface area (Å²) in [5, 5.41) is 2.71. The number of carbonyl (C=O) groups is 2. The minimum atomic E-state index is -0.588. The van der Waals surface area contributed by atoms with E-state index >= 15 is 0 Å². The Bertz CT molecular complexity index is 894. The molecule has 24 heavy (non-hydrogen) atoms. The van der Waals surface area contributed by atoms with E-state index in [9.17, 15) is 9.59 Å². The van der Waals surface area contributed by atoms with Crippen molar-refractivity contribution in [1.29, 1.82) is 0 Å². The fourth-order valence-electron chi connectivity index (χ4n) is 2.44. The zero-order valence-electron chi connectivity index (χ0n) is 13.3. The summed E-state index contributed by atoms with van der Waals surface area (Å²) < 4.78 is 10.1. The maximum absolute atomic E-state index is 12.0. The average molecular weight is 324 g/mol. The number of ether oxygens (including phenoxy) is 1. The van der Waals surface area contributed by atoms with Gasteiger partial charge >= 0.3 is 5.97 Å². The monoisotopic (exact) mass is 324 g/mol. The Hall–Kier alpha value is -3.15. The molecule has 0 spiro atoms. The Labute approximate surface area is 138 Å². The number of esters is 1. The molecule has 0 bridgehead atoms. The lowest BCUT2D eigenvalue weighted by molar-refractivity contribution is -0.119. The van der Waals surface area contributed by atoms with Crippen molar-refractivity contribution < 1.29 is 18.7 Å². The van der Waals surface area contributed by atoms with Crippen LogP contribution in [-0.2, 0) is 9.53 Å². The van der Waals surface area contributed by atoms with Crippen molar-refractivity contribution >= 4 is 28.7 Å². The maximum atomic E-state index is 12.0. The van der Waals surface area contributed by atoms with Crippen molar-refractivity contribution in [2.24, 2.45) is 0 Å². The van der Waals surface area contributed by atoms with Gasteiger partial charge in [-0.1, -0.05) is 6.07 Å². The standard InChI is InChI=1S/C18H16N2O4/c1-11-5-12(2)7-14(6-11)20-17(21)9-23-18(22)13-3-4-16-15(8-13)19-10-24-16/h3-8,10H,9H2,1-2H3,(H,20,21). The number of aryl methyl sites for hydroxylation is 2. The fraction of sp³-hybridized carbons (Fsp3) is 0.167. The van der Waals surface area contributed by atoms with Gasteiger partial charge in [-0.25, -0.2) is 9.78 Å². The van der Waals surface area contributed by atoms with Crippen LogP contribution in [0.1, 0.15) is 21.5 Å². The first-order valence-corrected chi connectivity index (χ1v) is 7.40. The molecule has 3 aromatic rings. The summed E-state index contributed by atoms with van der Waals surface area (Å²) in [6, 6.07) is 10.5. The second kappa shape index (κ2) is 6.54. The minimum Gasteiger partial charge on any atom is -0.452 e. The smallest absolute Gasteiger partial charge is 0.338 e. The van der Waals surface area contributed by atoms with E-state index in [0.29, 0.717) is 22.4 Å². The van der Waals surface area contributed by atoms with Crippen LogP contribution in [0.15, 0.2) is 47.2 Å². The highest BCUT2D eigenvalue weighted by Gasteiger charge is 2.12. The number of nitrogens with one attached hydrogen (secondary N) is 1. The molecule has 6 nitrogen and oxygen atoms in total. The van der Waals surface area contributed by atoms with E-state index in [0.717, 1.165) is 11.1 Å². The Kier molecular flexibility index (Phi) is 4.29. The van der Waals surface area contributed by atoms with Gasteiger partial charge in [0.25, 0.3) is 5.91 Å². The molecular formula is C18H16N2O4. The van der Waals surface area contributed by atoms with Crippen molar-refractivity contribution in [3.8, 4) is 0 Å². The van der Waals surface area contributed by atoms with Crippen LogP contribution in [0, 0.1) is 13.8 Å². The van der Waals surface area contributed by atoms with E-state index in [2.05, 4.69) is 10.3 Å². The van der Waals surface area contributed by atoms with Crippen molar-refractivity contribution in [2.45, 2.75) is 13.8 Å². The summed E-state index contributed by atoms with van der Waals surface area (Å²) >= 11 is 0. The van der Waals surface area contributed by atoms with E-state index in [1.165, 1.54) is 6.39 Å². The number of oxazole rings is 1. The van der Waals surface area contributed by atoms with Gasteiger partial charge in [0.15, 0.2) is 18.6 Å². The Morgan fingerprint density at radius 1 is 1.12 bits per heavy atom. The lowest BCUT2D eigenvalue weighted by Crippen LogP contribution is -2.21. The lowest BCUT2D eigenvalue weighted by atomic mass is 10.1. The molecule has 1 heterocycles. The normalized spacial score (nSPS) is 10.6. The van der Waals surface area contributed by atoms with Crippen LogP contribution in [0.3, 0.4) is 0 Å². The molecule has 6 heteroatoms. The third-order valence-corrected chi connectivity index (χ3v) is 3.41. The minimum absolute atomic E-state index is 0.315. The van der Waals surface area contributed by atoms with Gasteiger partial charge in [-0.3, -0.25) is 4.79 Å². The van der Waals surface area contributed by atoms with Crippen LogP contribution in [-0.4, -0.2) is 23.5 Å². The molecule has 3 rings (SSSR count). The van der Waals surface area contributed by atoms with Gasteiger partial charge in [-0.2, -0.15) is 0 Å². The van der Waals surface area contributed by atoms with Crippen LogP contribution in [0.2, 0.25) is 0 Å². The van der Waals surface area contributed by atoms with Crippen molar-refractivity contribution in [3.63, 3.8) is 0 Å². The second-order valence-corrected chi connectivity index (χ2v) is 5.54. The zero-order valence-corrected chi connectivity index (χ0v) is 13.3. The van der Waals surface area contributed by atoms with Crippen LogP contribution in [0.5, 0.6) is 0 Å². The number of fused-ring (bicyclic) bond motifs is 1. The molecule has 2 aromatic carbocycles. The number of anilines is 1. The van der Waals surface area contributed by atoms with Gasteiger partial charge in [-0.15, -0.1) is 0 Å². The highest BCUT2D eigenvalue weighted by atomic mass is 16.5. The molecule has 1 amide bonds. The fourth-order valence-corrected chi connectivity index (χ4v) is 2.44. The highest BCUT2D eigenvalue weighted by Crippen LogP contribution is 2.15. The Morgan fingerprint density at radius 2 is 1.88 bits per heavy atom. The summed E-state index contributed by atoms with van der Waals surface area (Å²) in [5.41, 5.74) is 4.22. The number of hydrogen-bond donors (Lipinski definition) is 1. The van der Waals surface area contributed by atoms with E-state index < -0.39 is 11.9 Å². The number of rotatable bonds is 4. The van der Waals surface area contributed by atoms with Crippen molar-refractivity contribution in [1.82, 2.24) is 4.98 Å². The van der Waals surface area contributed by atoms with Crippen LogP contribution < -0.4 is 5.32 Å². The molecule has 0 aliphatic carbocycles. The van der Waals surface area contributed by atoms with Crippen molar-refractivity contribution in [3.05, 3.63) is 59.5 Å². The predicted molar refractivity (Wildman–Crippen MR) is 88.8 cm³/mol. The van der Waals surface area contributed by atoms with Gasteiger partial charge in [0.2, 0.25) is 0 Å². The molecule has 1 aromatic heterocycles. The molecule has 0 unspecified atom stereocenters. The number of benzene rings is 2. The van der Waals surface area contributed by atoms with E-state index in [1.807, 2.05) is 32.0 Å². The van der Waals surface area contributed by atoms with E-state index in [-0.39, 0.29) is 6.61 Å².